The van der Waals surface area contributed by atoms with Crippen molar-refractivity contribution in [1.29, 1.82) is 0 Å². The van der Waals surface area contributed by atoms with E-state index in [1.165, 1.54) is 12.1 Å². The Morgan fingerprint density at radius 2 is 1.50 bits per heavy atom. The summed E-state index contributed by atoms with van der Waals surface area (Å²) in [6.45, 7) is 4.96. The summed E-state index contributed by atoms with van der Waals surface area (Å²) in [7, 11) is 0. The molecule has 1 amide bonds. The van der Waals surface area contributed by atoms with Gasteiger partial charge < -0.3 is 24.0 Å². The molecule has 0 aliphatic heterocycles. The third-order valence-electron chi connectivity index (χ3n) is 7.71. The van der Waals surface area contributed by atoms with Gasteiger partial charge in [-0.1, -0.05) is 72.8 Å². The molecule has 0 atom stereocenters. The highest BCUT2D eigenvalue weighted by molar-refractivity contribution is 6.12. The molecule has 0 aliphatic rings. The van der Waals surface area contributed by atoms with Crippen LogP contribution in [0.25, 0.3) is 21.7 Å². The van der Waals surface area contributed by atoms with E-state index in [0.717, 1.165) is 16.7 Å². The zero-order chi connectivity index (χ0) is 30.6. The molecule has 44 heavy (non-hydrogen) atoms. The first-order valence-electron chi connectivity index (χ1n) is 14.6. The largest absolute Gasteiger partial charge is 0.494 e. The molecule has 0 saturated heterocycles. The number of aromatic nitrogens is 2. The third kappa shape index (κ3) is 5.54. The van der Waals surface area contributed by atoms with E-state index < -0.39 is 12.2 Å². The second kappa shape index (κ2) is 12.5. The maximum absolute atomic E-state index is 13.7. The Kier molecular flexibility index (Phi) is 8.14. The molecule has 7 nitrogen and oxygen atoms in total. The Morgan fingerprint density at radius 1 is 0.864 bits per heavy atom. The fraction of sp³-hybridized carbons (Fsp3) is 0.167. The number of nitrogens with zero attached hydrogens (tertiary/aromatic N) is 3. The molecule has 1 N–H and O–H groups in total. The van der Waals surface area contributed by atoms with E-state index >= 15 is 0 Å². The van der Waals surface area contributed by atoms with Gasteiger partial charge in [-0.25, -0.2) is 9.18 Å². The van der Waals surface area contributed by atoms with E-state index in [9.17, 15) is 14.3 Å². The average molecular weight is 590 g/mol. The molecule has 0 saturated carbocycles. The maximum atomic E-state index is 13.7. The minimum atomic E-state index is -0.533. The monoisotopic (exact) mass is 589 g/mol. The predicted octanol–water partition coefficient (Wildman–Crippen LogP) is 8.09. The van der Waals surface area contributed by atoms with Crippen molar-refractivity contribution in [2.75, 3.05) is 13.1 Å². The topological polar surface area (TPSA) is 76.8 Å². The van der Waals surface area contributed by atoms with Crippen LogP contribution in [0.5, 0.6) is 17.4 Å². The van der Waals surface area contributed by atoms with Gasteiger partial charge in [0.05, 0.1) is 17.3 Å². The van der Waals surface area contributed by atoms with Gasteiger partial charge in [-0.3, -0.25) is 4.98 Å². The second-order valence-corrected chi connectivity index (χ2v) is 10.4. The summed E-state index contributed by atoms with van der Waals surface area (Å²) in [5, 5.41) is 13.2. The Labute approximate surface area is 254 Å². The summed E-state index contributed by atoms with van der Waals surface area (Å²) < 4.78 is 28.2. The van der Waals surface area contributed by atoms with Gasteiger partial charge in [-0.05, 0) is 54.8 Å². The highest BCUT2D eigenvalue weighted by Gasteiger charge is 2.28. The van der Waals surface area contributed by atoms with Crippen LogP contribution in [-0.4, -0.2) is 38.7 Å². The van der Waals surface area contributed by atoms with E-state index in [-0.39, 0.29) is 24.0 Å². The molecular weight excluding hydrogens is 557 g/mol. The summed E-state index contributed by atoms with van der Waals surface area (Å²) in [5.41, 5.74) is 3.05. The molecule has 222 valence electrons. The van der Waals surface area contributed by atoms with Gasteiger partial charge in [-0.2, -0.15) is 0 Å². The molecule has 2 heterocycles. The number of benzene rings is 4. The van der Waals surface area contributed by atoms with Gasteiger partial charge in [0.2, 0.25) is 5.88 Å². The number of carbonyl (C=O) groups is 1. The van der Waals surface area contributed by atoms with Crippen molar-refractivity contribution in [2.45, 2.75) is 26.5 Å². The van der Waals surface area contributed by atoms with Crippen molar-refractivity contribution in [3.8, 4) is 17.4 Å². The minimum Gasteiger partial charge on any atom is -0.494 e. The van der Waals surface area contributed by atoms with E-state index in [1.807, 2.05) is 80.6 Å². The van der Waals surface area contributed by atoms with E-state index in [1.54, 1.807) is 40.1 Å². The molecule has 0 fully saturated rings. The number of hydrogen-bond acceptors (Lipinski definition) is 5. The summed E-state index contributed by atoms with van der Waals surface area (Å²) in [6.07, 6.45) is 2.34. The molecule has 6 rings (SSSR count). The van der Waals surface area contributed by atoms with Crippen LogP contribution in [0.2, 0.25) is 0 Å². The van der Waals surface area contributed by atoms with Crippen molar-refractivity contribution >= 4 is 27.8 Å². The summed E-state index contributed by atoms with van der Waals surface area (Å²) in [6, 6.07) is 29.3. The molecule has 6 aromatic rings. The van der Waals surface area contributed by atoms with Crippen LogP contribution in [-0.2, 0) is 6.54 Å². The first-order valence-corrected chi connectivity index (χ1v) is 14.6. The zero-order valence-electron chi connectivity index (χ0n) is 24.5. The Balaban J connectivity index is 1.59. The smallest absolute Gasteiger partial charge is 0.415 e. The first kappa shape index (κ1) is 28.7. The van der Waals surface area contributed by atoms with E-state index in [2.05, 4.69) is 4.98 Å². The van der Waals surface area contributed by atoms with Crippen LogP contribution in [0.15, 0.2) is 109 Å². The molecule has 0 bridgehead atoms. The van der Waals surface area contributed by atoms with Gasteiger partial charge in [-0.15, -0.1) is 0 Å². The van der Waals surface area contributed by atoms with Gasteiger partial charge >= 0.3 is 6.09 Å². The number of hydrogen-bond donors (Lipinski definition) is 1. The third-order valence-corrected chi connectivity index (χ3v) is 7.71. The number of aromatic hydroxyl groups is 1. The highest BCUT2D eigenvalue weighted by atomic mass is 19.1. The van der Waals surface area contributed by atoms with Gasteiger partial charge in [0.15, 0.2) is 11.5 Å². The Bertz CT molecular complexity index is 1860. The molecule has 0 aliphatic carbocycles. The number of halogens is 1. The fourth-order valence-corrected chi connectivity index (χ4v) is 5.44. The van der Waals surface area contributed by atoms with Crippen LogP contribution < -0.4 is 9.47 Å². The molecule has 0 radical (unpaired) electrons. The van der Waals surface area contributed by atoms with Crippen LogP contribution in [0.4, 0.5) is 9.18 Å². The predicted molar refractivity (Wildman–Crippen MR) is 169 cm³/mol. The number of ether oxygens (including phenoxy) is 2. The minimum absolute atomic E-state index is 0.0908. The molecule has 0 spiro atoms. The number of carbonyl (C=O) groups excluding carboxylic acids is 1. The number of rotatable bonds is 9. The quantitative estimate of drug-likeness (QED) is 0.184. The van der Waals surface area contributed by atoms with E-state index in [0.29, 0.717) is 40.5 Å². The van der Waals surface area contributed by atoms with Gasteiger partial charge in [0.1, 0.15) is 17.4 Å². The molecule has 8 heteroatoms. The van der Waals surface area contributed by atoms with Crippen LogP contribution in [0, 0.1) is 5.82 Å². The summed E-state index contributed by atoms with van der Waals surface area (Å²) in [4.78, 5) is 19.5. The normalized spacial score (nSPS) is 11.3. The zero-order valence-corrected chi connectivity index (χ0v) is 24.5. The summed E-state index contributed by atoms with van der Waals surface area (Å²) in [5.74, 6) is 0.191. The second-order valence-electron chi connectivity index (χ2n) is 10.4. The van der Waals surface area contributed by atoms with Crippen LogP contribution >= 0.6 is 0 Å². The van der Waals surface area contributed by atoms with Crippen molar-refractivity contribution in [3.05, 3.63) is 132 Å². The number of amides is 1. The van der Waals surface area contributed by atoms with Crippen molar-refractivity contribution in [3.63, 3.8) is 0 Å². The molecule has 0 unspecified atom stereocenters. The van der Waals surface area contributed by atoms with Gasteiger partial charge in [0, 0.05) is 30.9 Å². The van der Waals surface area contributed by atoms with Crippen molar-refractivity contribution < 1.29 is 23.8 Å². The number of fused-ring (bicyclic) bond motifs is 2. The number of pyridine rings is 1. The first-order chi connectivity index (χ1) is 21.5. The highest BCUT2D eigenvalue weighted by Crippen LogP contribution is 2.48. The molecule has 4 aromatic carbocycles. The lowest BCUT2D eigenvalue weighted by Crippen LogP contribution is -2.33. The maximum Gasteiger partial charge on any atom is 0.415 e. The van der Waals surface area contributed by atoms with Crippen molar-refractivity contribution in [2.24, 2.45) is 0 Å². The van der Waals surface area contributed by atoms with E-state index in [4.69, 9.17) is 9.47 Å². The van der Waals surface area contributed by atoms with Crippen molar-refractivity contribution in [1.82, 2.24) is 14.5 Å². The van der Waals surface area contributed by atoms with Crippen LogP contribution in [0.3, 0.4) is 0 Å². The Hall–Kier alpha value is -5.37. The SMILES string of the molecule is CCN(CC)C(=O)Oc1c2cccnc2c(OC(c2ccccc2)c2ccccc2)c2c(O)n(Cc3ccc(F)cc3)cc12. The lowest BCUT2D eigenvalue weighted by molar-refractivity contribution is 0.158. The molecule has 2 aromatic heterocycles. The Morgan fingerprint density at radius 3 is 2.11 bits per heavy atom. The lowest BCUT2D eigenvalue weighted by atomic mass is 10.0. The fourth-order valence-electron chi connectivity index (χ4n) is 5.44. The summed E-state index contributed by atoms with van der Waals surface area (Å²) >= 11 is 0. The average Bonchev–Trinajstić information content (AvgIpc) is 3.38. The lowest BCUT2D eigenvalue weighted by Gasteiger charge is -2.23. The van der Waals surface area contributed by atoms with Gasteiger partial charge in [0.25, 0.3) is 0 Å². The molecular formula is C36H32FN3O4. The standard InChI is InChI=1S/C36H32FN3O4/c1-3-39(4-2)36(42)44-33-28-16-11-21-38-31(28)34(43-32(25-12-7-5-8-13-25)26-14-9-6-10-15-26)30-29(33)23-40(35(30)41)22-24-17-19-27(37)20-18-24/h5-21,23,32,41H,3-4,22H2,1-2H3. The van der Waals surface area contributed by atoms with Crippen LogP contribution in [0.1, 0.15) is 36.6 Å².